The van der Waals surface area contributed by atoms with Gasteiger partial charge < -0.3 is 9.80 Å². The van der Waals surface area contributed by atoms with Crippen molar-refractivity contribution < 1.29 is 9.48 Å². The Labute approximate surface area is 219 Å². The van der Waals surface area contributed by atoms with E-state index in [1.54, 1.807) is 6.07 Å². The predicted octanol–water partition coefficient (Wildman–Crippen LogP) is 4.29. The van der Waals surface area contributed by atoms with E-state index in [2.05, 4.69) is 10.3 Å². The van der Waals surface area contributed by atoms with Crippen LogP contribution in [-0.2, 0) is 11.2 Å². The van der Waals surface area contributed by atoms with Crippen molar-refractivity contribution in [1.82, 2.24) is 10.3 Å². The van der Waals surface area contributed by atoms with Crippen LogP contribution in [0.1, 0.15) is 17.2 Å². The lowest BCUT2D eigenvalue weighted by Crippen LogP contribution is -2.51. The first-order valence-corrected chi connectivity index (χ1v) is 12.2. The number of anilines is 1. The third-order valence-electron chi connectivity index (χ3n) is 6.01. The van der Waals surface area contributed by atoms with Crippen molar-refractivity contribution in [2.45, 2.75) is 12.5 Å². The fraction of sp³-hybridized carbons (Fsp3) is 0.200. The molecule has 5 N–H and O–H groups in total. The van der Waals surface area contributed by atoms with Gasteiger partial charge in [-0.25, -0.2) is 5.43 Å². The highest BCUT2D eigenvalue weighted by Gasteiger charge is 2.32. The standard InChI is InChI=1S/C25H25Cl3N6O/c26-19-5-3-18(4-6-19)24-15-32(11-12-33(24)23-10-7-20(27)14-22(23)28)25(35)13-17-1-8-21(9-2-17)34(30)16-31-29/h1-10,14,16,24H,11-13,15,29-30H2/p+1. The molecule has 0 saturated carbocycles. The zero-order valence-corrected chi connectivity index (χ0v) is 21.1. The second-order valence-electron chi connectivity index (χ2n) is 8.24. The quantitative estimate of drug-likeness (QED) is 0.145. The minimum Gasteiger partial charge on any atom is -0.360 e. The molecule has 0 aromatic heterocycles. The number of hydrogen-bond donors (Lipinski definition) is 3. The lowest BCUT2D eigenvalue weighted by molar-refractivity contribution is -0.449. The van der Waals surface area contributed by atoms with Gasteiger partial charge in [-0.3, -0.25) is 10.6 Å². The Hall–Kier alpha value is -2.97. The van der Waals surface area contributed by atoms with Crippen LogP contribution in [0.25, 0.3) is 0 Å². The number of hydrazine groups is 2. The molecule has 4 rings (SSSR count). The molecule has 1 heterocycles. The van der Waals surface area contributed by atoms with Crippen molar-refractivity contribution in [3.05, 3.63) is 92.9 Å². The van der Waals surface area contributed by atoms with E-state index in [1.807, 2.05) is 65.6 Å². The smallest absolute Gasteiger partial charge is 0.278 e. The van der Waals surface area contributed by atoms with Gasteiger partial charge in [-0.2, -0.15) is 5.84 Å². The van der Waals surface area contributed by atoms with E-state index in [1.165, 1.54) is 11.0 Å². The summed E-state index contributed by atoms with van der Waals surface area (Å²) in [5.41, 5.74) is 5.97. The van der Waals surface area contributed by atoms with Gasteiger partial charge in [0.2, 0.25) is 5.91 Å². The lowest BCUT2D eigenvalue weighted by Gasteiger charge is -2.43. The Kier molecular flexibility index (Phi) is 8.03. The largest absolute Gasteiger partial charge is 0.360 e. The van der Waals surface area contributed by atoms with Gasteiger partial charge in [0.25, 0.3) is 6.34 Å². The molecule has 1 saturated heterocycles. The van der Waals surface area contributed by atoms with Crippen molar-refractivity contribution in [2.24, 2.45) is 11.7 Å². The molecule has 3 aromatic carbocycles. The number of nitrogens with one attached hydrogen (secondary N) is 1. The van der Waals surface area contributed by atoms with E-state index >= 15 is 0 Å². The fourth-order valence-electron chi connectivity index (χ4n) is 4.21. The Bertz CT molecular complexity index is 1220. The summed E-state index contributed by atoms with van der Waals surface area (Å²) in [6.45, 7) is 1.72. The van der Waals surface area contributed by atoms with Gasteiger partial charge in [0.05, 0.1) is 23.2 Å². The summed E-state index contributed by atoms with van der Waals surface area (Å²) in [5.74, 6) is 11.2. The van der Waals surface area contributed by atoms with Crippen molar-refractivity contribution >= 4 is 58.4 Å². The van der Waals surface area contributed by atoms with Gasteiger partial charge in [-0.15, -0.1) is 4.68 Å². The van der Waals surface area contributed by atoms with Crippen LogP contribution in [0.2, 0.25) is 15.1 Å². The molecule has 1 unspecified atom stereocenters. The SMILES string of the molecule is NNC=[N+](N)c1ccc(CC(=O)N2CCN(c3ccc(Cl)cc3Cl)C(c3ccc(Cl)cc3)C2)cc1. The van der Waals surface area contributed by atoms with Gasteiger partial charge in [0, 0.05) is 29.7 Å². The molecule has 3 aromatic rings. The molecule has 0 spiro atoms. The van der Waals surface area contributed by atoms with Crippen LogP contribution < -0.4 is 22.0 Å². The number of benzene rings is 3. The number of carbonyl (C=O) groups is 1. The second-order valence-corrected chi connectivity index (χ2v) is 9.52. The van der Waals surface area contributed by atoms with Crippen molar-refractivity contribution in [3.63, 3.8) is 0 Å². The zero-order chi connectivity index (χ0) is 24.9. The highest BCUT2D eigenvalue weighted by Crippen LogP contribution is 2.37. The molecule has 10 heteroatoms. The number of hydrazone groups is 1. The molecule has 7 nitrogen and oxygen atoms in total. The molecular weight excluding hydrogens is 507 g/mol. The Balaban J connectivity index is 1.54. The number of halogens is 3. The summed E-state index contributed by atoms with van der Waals surface area (Å²) in [5, 5.41) is 1.82. The molecule has 0 bridgehead atoms. The molecule has 1 atom stereocenters. The predicted molar refractivity (Wildman–Crippen MR) is 142 cm³/mol. The third-order valence-corrected chi connectivity index (χ3v) is 6.80. The summed E-state index contributed by atoms with van der Waals surface area (Å²) in [4.78, 5) is 17.4. The Morgan fingerprint density at radius 3 is 2.34 bits per heavy atom. The molecule has 35 heavy (non-hydrogen) atoms. The van der Waals surface area contributed by atoms with Crippen LogP contribution in [0.15, 0.2) is 66.7 Å². The maximum atomic E-state index is 13.2. The molecule has 1 aliphatic heterocycles. The fourth-order valence-corrected chi connectivity index (χ4v) is 4.85. The number of carbonyl (C=O) groups excluding carboxylic acids is 1. The van der Waals surface area contributed by atoms with E-state index in [0.29, 0.717) is 41.1 Å². The third kappa shape index (κ3) is 6.00. The van der Waals surface area contributed by atoms with Gasteiger partial charge in [0.15, 0.2) is 5.69 Å². The zero-order valence-electron chi connectivity index (χ0n) is 18.9. The van der Waals surface area contributed by atoms with E-state index in [0.717, 1.165) is 22.5 Å². The number of nitrogens with two attached hydrogens (primary N) is 2. The van der Waals surface area contributed by atoms with E-state index in [4.69, 9.17) is 46.5 Å². The van der Waals surface area contributed by atoms with Gasteiger partial charge in [0.1, 0.15) is 0 Å². The van der Waals surface area contributed by atoms with Gasteiger partial charge in [-0.1, -0.05) is 59.1 Å². The summed E-state index contributed by atoms with van der Waals surface area (Å²) in [7, 11) is 0. The molecule has 182 valence electrons. The number of nitrogens with zero attached hydrogens (tertiary/aromatic N) is 3. The highest BCUT2D eigenvalue weighted by atomic mass is 35.5. The average Bonchev–Trinajstić information content (AvgIpc) is 2.85. The van der Waals surface area contributed by atoms with Gasteiger partial charge in [-0.05, 0) is 53.6 Å². The van der Waals surface area contributed by atoms with E-state index < -0.39 is 0 Å². The van der Waals surface area contributed by atoms with E-state index in [-0.39, 0.29) is 11.9 Å². The van der Waals surface area contributed by atoms with Crippen LogP contribution in [0, 0.1) is 0 Å². The average molecular weight is 533 g/mol. The first-order chi connectivity index (χ1) is 16.9. The van der Waals surface area contributed by atoms with Crippen LogP contribution >= 0.6 is 34.8 Å². The molecule has 0 aliphatic carbocycles. The molecule has 0 radical (unpaired) electrons. The van der Waals surface area contributed by atoms with Crippen LogP contribution in [-0.4, -0.2) is 41.5 Å². The number of amides is 1. The van der Waals surface area contributed by atoms with Crippen molar-refractivity contribution in [2.75, 3.05) is 24.5 Å². The maximum absolute atomic E-state index is 13.2. The molecule has 1 aliphatic rings. The van der Waals surface area contributed by atoms with Crippen LogP contribution in [0.5, 0.6) is 0 Å². The minimum atomic E-state index is -0.0869. The summed E-state index contributed by atoms with van der Waals surface area (Å²) < 4.78 is 1.36. The molecular formula is C25H26Cl3N6O+. The Morgan fingerprint density at radius 1 is 1.00 bits per heavy atom. The number of hydrogen-bond acceptors (Lipinski definition) is 4. The van der Waals surface area contributed by atoms with Crippen LogP contribution in [0.4, 0.5) is 11.4 Å². The highest BCUT2D eigenvalue weighted by molar-refractivity contribution is 6.36. The van der Waals surface area contributed by atoms with Crippen LogP contribution in [0.3, 0.4) is 0 Å². The van der Waals surface area contributed by atoms with Crippen molar-refractivity contribution in [1.29, 1.82) is 0 Å². The summed E-state index contributed by atoms with van der Waals surface area (Å²) in [6.07, 6.45) is 1.72. The monoisotopic (exact) mass is 531 g/mol. The first kappa shape index (κ1) is 25.1. The second kappa shape index (κ2) is 11.2. The lowest BCUT2D eigenvalue weighted by atomic mass is 10.0. The van der Waals surface area contributed by atoms with E-state index in [9.17, 15) is 4.79 Å². The number of piperazine rings is 1. The maximum Gasteiger partial charge on any atom is 0.278 e. The van der Waals surface area contributed by atoms with Gasteiger partial charge >= 0.3 is 0 Å². The minimum absolute atomic E-state index is 0.0540. The Morgan fingerprint density at radius 2 is 1.69 bits per heavy atom. The molecule has 1 amide bonds. The summed E-state index contributed by atoms with van der Waals surface area (Å²) in [6, 6.07) is 20.6. The molecule has 1 fully saturated rings. The number of rotatable bonds is 6. The first-order valence-electron chi connectivity index (χ1n) is 11.0. The van der Waals surface area contributed by atoms with Crippen molar-refractivity contribution in [3.8, 4) is 0 Å². The normalized spacial score (nSPS) is 16.3. The topological polar surface area (TPSA) is 90.6 Å². The summed E-state index contributed by atoms with van der Waals surface area (Å²) >= 11 is 18.8.